The molecule has 0 unspecified atom stereocenters. The van der Waals surface area contributed by atoms with Crippen LogP contribution in [0.15, 0.2) is 42.5 Å². The molecule has 0 aliphatic carbocycles. The predicted octanol–water partition coefficient (Wildman–Crippen LogP) is 4.38. The summed E-state index contributed by atoms with van der Waals surface area (Å²) in [4.78, 5) is 27.5. The second-order valence-corrected chi connectivity index (χ2v) is 10.6. The molecule has 7 nitrogen and oxygen atoms in total. The van der Waals surface area contributed by atoms with Crippen molar-refractivity contribution in [1.29, 1.82) is 0 Å². The molecular weight excluding hydrogens is 519 g/mol. The minimum Gasteiger partial charge on any atom is -0.355 e. The van der Waals surface area contributed by atoms with E-state index in [1.165, 1.54) is 4.90 Å². The van der Waals surface area contributed by atoms with Crippen molar-refractivity contribution in [2.45, 2.75) is 46.0 Å². The van der Waals surface area contributed by atoms with Crippen molar-refractivity contribution in [3.8, 4) is 0 Å². The number of anilines is 1. The number of carbonyl (C=O) groups excluding carboxylic acids is 2. The molecule has 36 heavy (non-hydrogen) atoms. The van der Waals surface area contributed by atoms with Gasteiger partial charge in [0.25, 0.3) is 0 Å². The average molecular weight is 548 g/mol. The molecule has 2 rings (SSSR count). The smallest absolute Gasteiger partial charge is 0.355 e. The van der Waals surface area contributed by atoms with E-state index in [4.69, 9.17) is 11.6 Å². The monoisotopic (exact) mass is 547 g/mol. The van der Waals surface area contributed by atoms with Gasteiger partial charge in [0.2, 0.25) is 21.8 Å². The lowest BCUT2D eigenvalue weighted by atomic mass is 10.1. The van der Waals surface area contributed by atoms with Crippen LogP contribution in [0.2, 0.25) is 5.02 Å². The zero-order valence-electron chi connectivity index (χ0n) is 20.4. The SMILES string of the molecule is CCNC(=O)[C@H](CC)N(Cc1ccc(C)cc1)C(=O)CN(c1cc(C(F)(F)F)ccc1Cl)S(C)(=O)=O. The van der Waals surface area contributed by atoms with Gasteiger partial charge in [0.05, 0.1) is 22.5 Å². The molecular formula is C24H29ClF3N3O4S. The van der Waals surface area contributed by atoms with Gasteiger partial charge in [0.1, 0.15) is 12.6 Å². The topological polar surface area (TPSA) is 86.8 Å². The van der Waals surface area contributed by atoms with Crippen molar-refractivity contribution in [1.82, 2.24) is 10.2 Å². The lowest BCUT2D eigenvalue weighted by Crippen LogP contribution is -2.52. The number of aryl methyl sites for hydroxylation is 1. The highest BCUT2D eigenvalue weighted by Gasteiger charge is 2.35. The first-order valence-corrected chi connectivity index (χ1v) is 13.4. The second-order valence-electron chi connectivity index (χ2n) is 8.26. The number of hydrogen-bond donors (Lipinski definition) is 1. The number of nitrogens with one attached hydrogen (secondary N) is 1. The number of rotatable bonds is 10. The Balaban J connectivity index is 2.53. The molecule has 12 heteroatoms. The second kappa shape index (κ2) is 12.0. The number of hydrogen-bond acceptors (Lipinski definition) is 4. The van der Waals surface area contributed by atoms with Crippen LogP contribution in [0.1, 0.15) is 37.0 Å². The number of likely N-dealkylation sites (N-methyl/N-ethyl adjacent to an activating group) is 1. The van der Waals surface area contributed by atoms with E-state index >= 15 is 0 Å². The fourth-order valence-electron chi connectivity index (χ4n) is 3.58. The number of benzene rings is 2. The zero-order valence-corrected chi connectivity index (χ0v) is 22.0. The number of nitrogens with zero attached hydrogens (tertiary/aromatic N) is 2. The number of carbonyl (C=O) groups is 2. The summed E-state index contributed by atoms with van der Waals surface area (Å²) in [6, 6.07) is 8.51. The molecule has 0 bridgehead atoms. The van der Waals surface area contributed by atoms with Crippen LogP contribution >= 0.6 is 11.6 Å². The molecule has 1 atom stereocenters. The summed E-state index contributed by atoms with van der Waals surface area (Å²) in [5, 5.41) is 2.39. The van der Waals surface area contributed by atoms with Crippen LogP contribution in [-0.2, 0) is 32.3 Å². The van der Waals surface area contributed by atoms with Gasteiger partial charge >= 0.3 is 6.18 Å². The van der Waals surface area contributed by atoms with E-state index in [9.17, 15) is 31.2 Å². The van der Waals surface area contributed by atoms with Crippen LogP contribution in [0, 0.1) is 6.92 Å². The van der Waals surface area contributed by atoms with Gasteiger partial charge in [0.15, 0.2) is 0 Å². The van der Waals surface area contributed by atoms with E-state index < -0.39 is 51.9 Å². The molecule has 0 spiro atoms. The van der Waals surface area contributed by atoms with Crippen LogP contribution in [-0.4, -0.2) is 50.5 Å². The van der Waals surface area contributed by atoms with E-state index in [1.807, 2.05) is 19.1 Å². The molecule has 0 saturated carbocycles. The fourth-order valence-corrected chi connectivity index (χ4v) is 4.70. The third kappa shape index (κ3) is 7.60. The maximum atomic E-state index is 13.5. The molecule has 1 N–H and O–H groups in total. The summed E-state index contributed by atoms with van der Waals surface area (Å²) in [7, 11) is -4.24. The van der Waals surface area contributed by atoms with E-state index in [1.54, 1.807) is 26.0 Å². The third-order valence-electron chi connectivity index (χ3n) is 5.43. The summed E-state index contributed by atoms with van der Waals surface area (Å²) in [6.45, 7) is 4.77. The predicted molar refractivity (Wildman–Crippen MR) is 133 cm³/mol. The van der Waals surface area contributed by atoms with Crippen molar-refractivity contribution < 1.29 is 31.2 Å². The van der Waals surface area contributed by atoms with Gasteiger partial charge in [-0.25, -0.2) is 8.42 Å². The highest BCUT2D eigenvalue weighted by Crippen LogP contribution is 2.36. The van der Waals surface area contributed by atoms with Crippen LogP contribution < -0.4 is 9.62 Å². The van der Waals surface area contributed by atoms with Crippen LogP contribution in [0.5, 0.6) is 0 Å². The van der Waals surface area contributed by atoms with Gasteiger partial charge in [-0.1, -0.05) is 48.4 Å². The fraction of sp³-hybridized carbons (Fsp3) is 0.417. The first-order valence-electron chi connectivity index (χ1n) is 11.2. The Hall–Kier alpha value is -2.79. The summed E-state index contributed by atoms with van der Waals surface area (Å²) in [6.07, 6.45) is -3.76. The van der Waals surface area contributed by atoms with Crippen LogP contribution in [0.25, 0.3) is 0 Å². The Morgan fingerprint density at radius 2 is 1.69 bits per heavy atom. The lowest BCUT2D eigenvalue weighted by Gasteiger charge is -2.33. The highest BCUT2D eigenvalue weighted by atomic mass is 35.5. The minimum atomic E-state index is -4.75. The van der Waals surface area contributed by atoms with Crippen LogP contribution in [0.3, 0.4) is 0 Å². The molecule has 198 valence electrons. The average Bonchev–Trinajstić information content (AvgIpc) is 2.77. The van der Waals surface area contributed by atoms with Gasteiger partial charge in [-0.15, -0.1) is 0 Å². The standard InChI is InChI=1S/C24H29ClF3N3O4S/c1-5-20(23(33)29-6-2)30(14-17-9-7-16(3)8-10-17)22(32)15-31(36(4,34)35)21-13-18(24(26,27)28)11-12-19(21)25/h7-13,20H,5-6,14-15H2,1-4H3,(H,29,33)/t20-/m0/s1. The minimum absolute atomic E-state index is 0.0112. The van der Waals surface area contributed by atoms with Gasteiger partial charge in [-0.3, -0.25) is 13.9 Å². The molecule has 0 radical (unpaired) electrons. The Bertz CT molecular complexity index is 1190. The Labute approximate surface area is 214 Å². The molecule has 2 aromatic carbocycles. The van der Waals surface area contributed by atoms with Gasteiger partial charge < -0.3 is 10.2 Å². The largest absolute Gasteiger partial charge is 0.416 e. The molecule has 2 aromatic rings. The number of alkyl halides is 3. The Kier molecular flexibility index (Phi) is 9.78. The Morgan fingerprint density at radius 3 is 2.19 bits per heavy atom. The summed E-state index contributed by atoms with van der Waals surface area (Å²) in [5.74, 6) is -1.20. The molecule has 0 aliphatic rings. The van der Waals surface area contributed by atoms with Gasteiger partial charge in [-0.05, 0) is 44.0 Å². The van der Waals surface area contributed by atoms with Crippen molar-refractivity contribution in [3.05, 3.63) is 64.2 Å². The van der Waals surface area contributed by atoms with Crippen molar-refractivity contribution in [2.24, 2.45) is 0 Å². The highest BCUT2D eigenvalue weighted by molar-refractivity contribution is 7.92. The first-order chi connectivity index (χ1) is 16.7. The van der Waals surface area contributed by atoms with E-state index in [0.717, 1.165) is 24.0 Å². The number of halogens is 4. The van der Waals surface area contributed by atoms with Gasteiger partial charge in [-0.2, -0.15) is 13.2 Å². The quantitative estimate of drug-likeness (QED) is 0.478. The number of amides is 2. The Morgan fingerprint density at radius 1 is 1.08 bits per heavy atom. The third-order valence-corrected chi connectivity index (χ3v) is 6.88. The molecule has 0 aromatic heterocycles. The molecule has 0 heterocycles. The maximum Gasteiger partial charge on any atom is 0.416 e. The van der Waals surface area contributed by atoms with E-state index in [0.29, 0.717) is 22.5 Å². The van der Waals surface area contributed by atoms with E-state index in [-0.39, 0.29) is 18.0 Å². The molecule has 0 saturated heterocycles. The van der Waals surface area contributed by atoms with Gasteiger partial charge in [0, 0.05) is 13.1 Å². The molecule has 0 aliphatic heterocycles. The summed E-state index contributed by atoms with van der Waals surface area (Å²) < 4.78 is 65.7. The van der Waals surface area contributed by atoms with Crippen molar-refractivity contribution in [2.75, 3.05) is 23.7 Å². The summed E-state index contributed by atoms with van der Waals surface area (Å²) in [5.41, 5.74) is 0.0755. The molecule has 2 amide bonds. The van der Waals surface area contributed by atoms with E-state index in [2.05, 4.69) is 5.32 Å². The molecule has 0 fully saturated rings. The maximum absolute atomic E-state index is 13.5. The normalized spacial score (nSPS) is 12.7. The van der Waals surface area contributed by atoms with Crippen molar-refractivity contribution in [3.63, 3.8) is 0 Å². The van der Waals surface area contributed by atoms with Crippen molar-refractivity contribution >= 4 is 39.1 Å². The lowest BCUT2D eigenvalue weighted by molar-refractivity contribution is -0.140. The summed E-state index contributed by atoms with van der Waals surface area (Å²) >= 11 is 6.07. The number of sulfonamides is 1. The van der Waals surface area contributed by atoms with Crippen LogP contribution in [0.4, 0.5) is 18.9 Å². The zero-order chi connectivity index (χ0) is 27.3. The first kappa shape index (κ1) is 29.4.